The van der Waals surface area contributed by atoms with Gasteiger partial charge in [0.25, 0.3) is 5.56 Å². The van der Waals surface area contributed by atoms with Crippen LogP contribution < -0.4 is 16.6 Å². The van der Waals surface area contributed by atoms with E-state index in [0.717, 1.165) is 10.3 Å². The van der Waals surface area contributed by atoms with Crippen LogP contribution in [0.15, 0.2) is 32.6 Å². The lowest BCUT2D eigenvalue weighted by atomic mass is 10.3. The van der Waals surface area contributed by atoms with Gasteiger partial charge < -0.3 is 9.88 Å². The van der Waals surface area contributed by atoms with E-state index in [4.69, 9.17) is 0 Å². The zero-order valence-corrected chi connectivity index (χ0v) is 10.5. The molecule has 0 fully saturated rings. The highest BCUT2D eigenvalue weighted by Crippen LogP contribution is 2.12. The molecule has 0 amide bonds. The lowest BCUT2D eigenvalue weighted by Gasteiger charge is -2.07. The van der Waals surface area contributed by atoms with E-state index in [1.807, 2.05) is 16.8 Å². The van der Waals surface area contributed by atoms with Gasteiger partial charge in [0, 0.05) is 37.9 Å². The molecule has 2 rings (SSSR count). The first-order chi connectivity index (χ1) is 8.09. The van der Waals surface area contributed by atoms with Crippen molar-refractivity contribution in [1.29, 1.82) is 0 Å². The number of anilines is 1. The lowest BCUT2D eigenvalue weighted by Crippen LogP contribution is -2.38. The summed E-state index contributed by atoms with van der Waals surface area (Å²) in [5, 5.41) is 7.06. The van der Waals surface area contributed by atoms with Crippen LogP contribution in [0.5, 0.6) is 0 Å². The van der Waals surface area contributed by atoms with E-state index < -0.39 is 0 Å². The third-order valence-electron chi connectivity index (χ3n) is 2.52. The molecule has 6 heteroatoms. The maximum absolute atomic E-state index is 11.8. The summed E-state index contributed by atoms with van der Waals surface area (Å²) in [4.78, 5) is 23.3. The Kier molecular flexibility index (Phi) is 3.14. The zero-order valence-electron chi connectivity index (χ0n) is 9.64. The number of nitrogens with zero attached hydrogens (tertiary/aromatic N) is 2. The van der Waals surface area contributed by atoms with Crippen LogP contribution in [-0.4, -0.2) is 9.13 Å². The summed E-state index contributed by atoms with van der Waals surface area (Å²) in [6.45, 7) is 0.414. The molecule has 0 aliphatic rings. The van der Waals surface area contributed by atoms with Gasteiger partial charge in [-0.15, -0.1) is 0 Å². The van der Waals surface area contributed by atoms with Crippen LogP contribution in [0.1, 0.15) is 5.56 Å². The van der Waals surface area contributed by atoms with Crippen LogP contribution in [0.25, 0.3) is 0 Å². The van der Waals surface area contributed by atoms with Gasteiger partial charge >= 0.3 is 5.69 Å². The second kappa shape index (κ2) is 4.58. The number of nitrogens with one attached hydrogen (secondary N) is 1. The molecule has 0 saturated heterocycles. The quantitative estimate of drug-likeness (QED) is 0.876. The van der Waals surface area contributed by atoms with Crippen molar-refractivity contribution in [2.75, 3.05) is 5.32 Å². The molecule has 0 bridgehead atoms. The van der Waals surface area contributed by atoms with Gasteiger partial charge in [0.05, 0.1) is 5.56 Å². The van der Waals surface area contributed by atoms with Crippen molar-refractivity contribution >= 4 is 17.0 Å². The van der Waals surface area contributed by atoms with Gasteiger partial charge in [0.15, 0.2) is 0 Å². The first kappa shape index (κ1) is 11.7. The van der Waals surface area contributed by atoms with Crippen molar-refractivity contribution in [3.05, 3.63) is 49.4 Å². The molecule has 0 spiro atoms. The molecular weight excluding hydrogens is 238 g/mol. The topological polar surface area (TPSA) is 56.0 Å². The average molecular weight is 251 g/mol. The minimum Gasteiger partial charge on any atom is -0.380 e. The van der Waals surface area contributed by atoms with E-state index in [-0.39, 0.29) is 11.2 Å². The molecule has 17 heavy (non-hydrogen) atoms. The van der Waals surface area contributed by atoms with E-state index >= 15 is 0 Å². The molecule has 0 aromatic carbocycles. The molecule has 2 aromatic heterocycles. The highest BCUT2D eigenvalue weighted by atomic mass is 32.1. The highest BCUT2D eigenvalue weighted by molar-refractivity contribution is 7.08. The summed E-state index contributed by atoms with van der Waals surface area (Å²) in [5.74, 6) is 0. The second-order valence-corrected chi connectivity index (χ2v) is 4.56. The molecule has 0 radical (unpaired) electrons. The summed E-state index contributed by atoms with van der Waals surface area (Å²) in [6, 6.07) is 1.94. The first-order valence-electron chi connectivity index (χ1n) is 5.11. The number of hydrogen-bond donors (Lipinski definition) is 1. The molecule has 0 aliphatic carbocycles. The first-order valence-corrected chi connectivity index (χ1v) is 6.05. The van der Waals surface area contributed by atoms with Gasteiger partial charge in [-0.1, -0.05) is 0 Å². The van der Waals surface area contributed by atoms with Crippen molar-refractivity contribution in [3.8, 4) is 0 Å². The maximum Gasteiger partial charge on any atom is 0.330 e. The monoisotopic (exact) mass is 251 g/mol. The third kappa shape index (κ3) is 2.31. The molecule has 2 heterocycles. The Morgan fingerprint density at radius 3 is 2.76 bits per heavy atom. The Bertz CT molecular complexity index is 625. The van der Waals surface area contributed by atoms with Crippen molar-refractivity contribution in [2.45, 2.75) is 6.54 Å². The van der Waals surface area contributed by atoms with Crippen LogP contribution in [0.2, 0.25) is 0 Å². The van der Waals surface area contributed by atoms with Crippen LogP contribution in [-0.2, 0) is 20.6 Å². The Hall–Kier alpha value is -1.82. The SMILES string of the molecule is Cn1cc(CNc2ccsc2)c(=O)n(C)c1=O. The van der Waals surface area contributed by atoms with E-state index in [9.17, 15) is 9.59 Å². The van der Waals surface area contributed by atoms with E-state index in [2.05, 4.69) is 5.32 Å². The Morgan fingerprint density at radius 2 is 2.12 bits per heavy atom. The number of aryl methyl sites for hydroxylation is 1. The van der Waals surface area contributed by atoms with Crippen LogP contribution >= 0.6 is 11.3 Å². The fraction of sp³-hybridized carbons (Fsp3) is 0.273. The van der Waals surface area contributed by atoms with Crippen molar-refractivity contribution < 1.29 is 0 Å². The molecular formula is C11H13N3O2S. The van der Waals surface area contributed by atoms with Gasteiger partial charge in [-0.2, -0.15) is 11.3 Å². The fourth-order valence-corrected chi connectivity index (χ4v) is 2.18. The minimum absolute atomic E-state index is 0.254. The van der Waals surface area contributed by atoms with Crippen LogP contribution in [0, 0.1) is 0 Å². The van der Waals surface area contributed by atoms with Crippen molar-refractivity contribution in [1.82, 2.24) is 9.13 Å². The summed E-state index contributed by atoms with van der Waals surface area (Å²) in [5.41, 5.74) is 0.983. The number of rotatable bonds is 3. The standard InChI is InChI=1S/C11H13N3O2S/c1-13-6-8(10(15)14(2)11(13)16)5-12-9-3-4-17-7-9/h3-4,6-7,12H,5H2,1-2H3. The van der Waals surface area contributed by atoms with Gasteiger partial charge in [-0.25, -0.2) is 4.79 Å². The predicted octanol–water partition coefficient (Wildman–Crippen LogP) is 0.758. The largest absolute Gasteiger partial charge is 0.380 e. The van der Waals surface area contributed by atoms with Crippen LogP contribution in [0.3, 0.4) is 0 Å². The van der Waals surface area contributed by atoms with Gasteiger partial charge in [0.2, 0.25) is 0 Å². The number of thiophene rings is 1. The number of aromatic nitrogens is 2. The van der Waals surface area contributed by atoms with Gasteiger partial charge in [-0.05, 0) is 11.4 Å². The maximum atomic E-state index is 11.8. The summed E-state index contributed by atoms with van der Waals surface area (Å²) >= 11 is 1.59. The van der Waals surface area contributed by atoms with Crippen molar-refractivity contribution in [3.63, 3.8) is 0 Å². The molecule has 0 atom stereocenters. The van der Waals surface area contributed by atoms with Crippen LogP contribution in [0.4, 0.5) is 5.69 Å². The third-order valence-corrected chi connectivity index (χ3v) is 3.20. The second-order valence-electron chi connectivity index (χ2n) is 3.78. The molecule has 90 valence electrons. The molecule has 0 saturated carbocycles. The predicted molar refractivity (Wildman–Crippen MR) is 68.6 cm³/mol. The van der Waals surface area contributed by atoms with E-state index in [1.54, 1.807) is 24.6 Å². The summed E-state index contributed by atoms with van der Waals surface area (Å²) < 4.78 is 2.52. The summed E-state index contributed by atoms with van der Waals surface area (Å²) in [6.07, 6.45) is 1.57. The van der Waals surface area contributed by atoms with Gasteiger partial charge in [-0.3, -0.25) is 9.36 Å². The average Bonchev–Trinajstić information content (AvgIpc) is 2.82. The summed E-state index contributed by atoms with van der Waals surface area (Å²) in [7, 11) is 3.12. The Labute approximate surface area is 102 Å². The van der Waals surface area contributed by atoms with E-state index in [1.165, 1.54) is 11.6 Å². The zero-order chi connectivity index (χ0) is 12.4. The minimum atomic E-state index is -0.311. The normalized spacial score (nSPS) is 10.5. The van der Waals surface area contributed by atoms with Gasteiger partial charge in [0.1, 0.15) is 0 Å². The smallest absolute Gasteiger partial charge is 0.330 e. The Morgan fingerprint density at radius 1 is 1.35 bits per heavy atom. The Balaban J connectivity index is 2.28. The number of hydrogen-bond acceptors (Lipinski definition) is 4. The molecule has 5 nitrogen and oxygen atoms in total. The molecule has 1 N–H and O–H groups in total. The molecule has 0 unspecified atom stereocenters. The van der Waals surface area contributed by atoms with E-state index in [0.29, 0.717) is 12.1 Å². The lowest BCUT2D eigenvalue weighted by molar-refractivity contribution is 0.671. The molecule has 2 aromatic rings. The molecule has 0 aliphatic heterocycles. The van der Waals surface area contributed by atoms with Crippen molar-refractivity contribution in [2.24, 2.45) is 14.1 Å². The highest BCUT2D eigenvalue weighted by Gasteiger charge is 2.06. The fourth-order valence-electron chi connectivity index (χ4n) is 1.57.